The average molecular weight is 327 g/mol. The van der Waals surface area contributed by atoms with Crippen molar-refractivity contribution < 1.29 is 14.3 Å². The zero-order valence-electron chi connectivity index (χ0n) is 13.6. The molecule has 2 saturated heterocycles. The fourth-order valence-corrected chi connectivity index (χ4v) is 3.33. The maximum absolute atomic E-state index is 12.8. The van der Waals surface area contributed by atoms with Crippen molar-refractivity contribution in [3.8, 4) is 6.07 Å². The largest absolute Gasteiger partial charge is 0.378 e. The highest BCUT2D eigenvalue weighted by Gasteiger charge is 2.37. The summed E-state index contributed by atoms with van der Waals surface area (Å²) in [5.74, 6) is -0.101. The Labute approximate surface area is 141 Å². The molecule has 0 radical (unpaired) electrons. The zero-order chi connectivity index (χ0) is 16.9. The Morgan fingerprint density at radius 2 is 2.04 bits per heavy atom. The number of hydrogen-bond donors (Lipinski definition) is 0. The number of rotatable bonds is 3. The third kappa shape index (κ3) is 3.41. The predicted octanol–water partition coefficient (Wildman–Crippen LogP) is 1.22. The lowest BCUT2D eigenvalue weighted by Crippen LogP contribution is -2.51. The van der Waals surface area contributed by atoms with Crippen molar-refractivity contribution in [2.24, 2.45) is 0 Å². The molecular weight excluding hydrogens is 306 g/mol. The first kappa shape index (κ1) is 16.5. The first-order valence-electron chi connectivity index (χ1n) is 8.34. The van der Waals surface area contributed by atoms with Gasteiger partial charge in [-0.1, -0.05) is 12.1 Å². The monoisotopic (exact) mass is 327 g/mol. The van der Waals surface area contributed by atoms with E-state index in [0.717, 1.165) is 12.0 Å². The van der Waals surface area contributed by atoms with Crippen molar-refractivity contribution in [2.75, 3.05) is 32.8 Å². The van der Waals surface area contributed by atoms with E-state index in [2.05, 4.69) is 6.07 Å². The molecule has 2 fully saturated rings. The van der Waals surface area contributed by atoms with Crippen molar-refractivity contribution in [1.29, 1.82) is 5.26 Å². The molecule has 0 unspecified atom stereocenters. The van der Waals surface area contributed by atoms with Crippen LogP contribution in [0, 0.1) is 11.3 Å². The van der Waals surface area contributed by atoms with Gasteiger partial charge < -0.3 is 14.5 Å². The van der Waals surface area contributed by atoms with E-state index in [-0.39, 0.29) is 24.3 Å². The quantitative estimate of drug-likeness (QED) is 0.836. The van der Waals surface area contributed by atoms with Gasteiger partial charge in [-0.05, 0) is 30.5 Å². The Hall–Kier alpha value is -2.39. The number of benzene rings is 1. The summed E-state index contributed by atoms with van der Waals surface area (Å²) in [4.78, 5) is 29.1. The summed E-state index contributed by atoms with van der Waals surface area (Å²) in [5, 5.41) is 8.81. The number of hydrogen-bond acceptors (Lipinski definition) is 4. The average Bonchev–Trinajstić information content (AvgIpc) is 3.11. The molecule has 0 bridgehead atoms. The van der Waals surface area contributed by atoms with Crippen LogP contribution in [0.3, 0.4) is 0 Å². The van der Waals surface area contributed by atoms with Crippen LogP contribution < -0.4 is 0 Å². The Morgan fingerprint density at radius 1 is 1.25 bits per heavy atom. The van der Waals surface area contributed by atoms with Crippen LogP contribution in [0.4, 0.5) is 0 Å². The normalized spacial score (nSPS) is 20.7. The first-order valence-corrected chi connectivity index (χ1v) is 8.34. The molecule has 6 nitrogen and oxygen atoms in total. The lowest BCUT2D eigenvalue weighted by atomic mass is 10.1. The maximum atomic E-state index is 12.8. The topological polar surface area (TPSA) is 73.6 Å². The van der Waals surface area contributed by atoms with Crippen LogP contribution in [0.1, 0.15) is 28.8 Å². The highest BCUT2D eigenvalue weighted by atomic mass is 16.5. The number of carbonyl (C=O) groups excluding carboxylic acids is 2. The van der Waals surface area contributed by atoms with Crippen molar-refractivity contribution >= 4 is 11.8 Å². The van der Waals surface area contributed by atoms with E-state index in [1.54, 1.807) is 28.0 Å². The van der Waals surface area contributed by atoms with Crippen LogP contribution in [0.2, 0.25) is 0 Å². The number of carbonyl (C=O) groups is 2. The molecule has 24 heavy (non-hydrogen) atoms. The van der Waals surface area contributed by atoms with E-state index in [1.807, 2.05) is 6.07 Å². The standard InChI is InChI=1S/C18H21N3O3/c19-7-6-14-3-1-4-15(13-14)17(22)21-8-2-5-16(21)18(23)20-9-11-24-12-10-20/h1,3-4,13,16H,2,5-6,8-12H2/t16-/m0/s1. The summed E-state index contributed by atoms with van der Waals surface area (Å²) in [6.07, 6.45) is 1.82. The van der Waals surface area contributed by atoms with Crippen LogP contribution in [0.15, 0.2) is 24.3 Å². The highest BCUT2D eigenvalue weighted by molar-refractivity contribution is 5.98. The van der Waals surface area contributed by atoms with Gasteiger partial charge in [0.1, 0.15) is 6.04 Å². The van der Waals surface area contributed by atoms with Crippen LogP contribution >= 0.6 is 0 Å². The van der Waals surface area contributed by atoms with Gasteiger partial charge >= 0.3 is 0 Å². The number of amides is 2. The lowest BCUT2D eigenvalue weighted by Gasteiger charge is -2.32. The molecule has 1 atom stereocenters. The molecule has 0 saturated carbocycles. The number of nitrogens with zero attached hydrogens (tertiary/aromatic N) is 3. The van der Waals surface area contributed by atoms with Gasteiger partial charge in [-0.2, -0.15) is 5.26 Å². The van der Waals surface area contributed by atoms with E-state index in [1.165, 1.54) is 0 Å². The maximum Gasteiger partial charge on any atom is 0.254 e. The Balaban J connectivity index is 1.74. The summed E-state index contributed by atoms with van der Waals surface area (Å²) in [6, 6.07) is 8.83. The van der Waals surface area contributed by atoms with Crippen molar-refractivity contribution in [1.82, 2.24) is 9.80 Å². The SMILES string of the molecule is N#CCc1cccc(C(=O)N2CCC[C@H]2C(=O)N2CCOCC2)c1. The number of nitriles is 1. The molecule has 6 heteroatoms. The van der Waals surface area contributed by atoms with Crippen LogP contribution in [0.5, 0.6) is 0 Å². The minimum absolute atomic E-state index is 0.0253. The number of ether oxygens (including phenoxy) is 1. The Bertz CT molecular complexity index is 662. The molecule has 0 N–H and O–H groups in total. The molecular formula is C18H21N3O3. The van der Waals surface area contributed by atoms with Crippen molar-refractivity contribution in [3.63, 3.8) is 0 Å². The zero-order valence-corrected chi connectivity index (χ0v) is 13.6. The summed E-state index contributed by atoms with van der Waals surface area (Å²) in [5.41, 5.74) is 1.36. The third-order valence-electron chi connectivity index (χ3n) is 4.58. The number of morpholine rings is 1. The number of likely N-dealkylation sites (tertiary alicyclic amines) is 1. The minimum Gasteiger partial charge on any atom is -0.378 e. The predicted molar refractivity (Wildman–Crippen MR) is 87.2 cm³/mol. The Morgan fingerprint density at radius 3 is 2.79 bits per heavy atom. The summed E-state index contributed by atoms with van der Waals surface area (Å²) < 4.78 is 5.29. The van der Waals surface area contributed by atoms with Gasteiger partial charge in [-0.15, -0.1) is 0 Å². The second kappa shape index (κ2) is 7.45. The first-order chi connectivity index (χ1) is 11.7. The molecule has 2 aliphatic rings. The molecule has 0 spiro atoms. The van der Waals surface area contributed by atoms with Gasteiger partial charge in [0.15, 0.2) is 0 Å². The molecule has 0 aliphatic carbocycles. The van der Waals surface area contributed by atoms with E-state index in [4.69, 9.17) is 10.00 Å². The molecule has 1 aromatic carbocycles. The molecule has 3 rings (SSSR count). The van der Waals surface area contributed by atoms with E-state index in [0.29, 0.717) is 44.8 Å². The highest BCUT2D eigenvalue weighted by Crippen LogP contribution is 2.23. The lowest BCUT2D eigenvalue weighted by molar-refractivity contribution is -0.139. The molecule has 126 valence electrons. The van der Waals surface area contributed by atoms with E-state index in [9.17, 15) is 9.59 Å². The second-order valence-electron chi connectivity index (χ2n) is 6.13. The summed E-state index contributed by atoms with van der Waals surface area (Å²) in [7, 11) is 0. The van der Waals surface area contributed by atoms with Crippen LogP contribution in [-0.4, -0.2) is 60.5 Å². The van der Waals surface area contributed by atoms with Gasteiger partial charge in [0.05, 0.1) is 25.7 Å². The van der Waals surface area contributed by atoms with Crippen LogP contribution in [-0.2, 0) is 16.0 Å². The van der Waals surface area contributed by atoms with Crippen LogP contribution in [0.25, 0.3) is 0 Å². The van der Waals surface area contributed by atoms with Gasteiger partial charge in [-0.25, -0.2) is 0 Å². The van der Waals surface area contributed by atoms with Gasteiger partial charge in [0, 0.05) is 25.2 Å². The minimum atomic E-state index is -0.379. The smallest absolute Gasteiger partial charge is 0.254 e. The van der Waals surface area contributed by atoms with E-state index < -0.39 is 0 Å². The van der Waals surface area contributed by atoms with Gasteiger partial charge in [0.25, 0.3) is 5.91 Å². The van der Waals surface area contributed by atoms with Gasteiger partial charge in [0.2, 0.25) is 5.91 Å². The van der Waals surface area contributed by atoms with Gasteiger partial charge in [-0.3, -0.25) is 9.59 Å². The summed E-state index contributed by atoms with van der Waals surface area (Å²) >= 11 is 0. The Kier molecular flexibility index (Phi) is 5.11. The molecule has 1 aromatic rings. The van der Waals surface area contributed by atoms with Crippen molar-refractivity contribution in [3.05, 3.63) is 35.4 Å². The fourth-order valence-electron chi connectivity index (χ4n) is 3.33. The summed E-state index contributed by atoms with van der Waals surface area (Å²) in [6.45, 7) is 2.90. The molecule has 2 heterocycles. The van der Waals surface area contributed by atoms with Crippen molar-refractivity contribution in [2.45, 2.75) is 25.3 Å². The molecule has 2 aliphatic heterocycles. The molecule has 0 aromatic heterocycles. The van der Waals surface area contributed by atoms with E-state index >= 15 is 0 Å². The second-order valence-corrected chi connectivity index (χ2v) is 6.13. The molecule has 2 amide bonds. The third-order valence-corrected chi connectivity index (χ3v) is 4.58. The fraction of sp³-hybridized carbons (Fsp3) is 0.500.